The number of carbonyl (C=O) groups is 4. The molecule has 10 nitrogen and oxygen atoms in total. The summed E-state index contributed by atoms with van der Waals surface area (Å²) in [6, 6.07) is 0. The summed E-state index contributed by atoms with van der Waals surface area (Å²) in [6.45, 7) is 10.5. The molecule has 2 N–H and O–H groups in total. The number of hydrogen-bond acceptors (Lipinski definition) is 10. The van der Waals surface area contributed by atoms with E-state index in [4.69, 9.17) is 18.9 Å². The average Bonchev–Trinajstić information content (AvgIpc) is 2.78. The predicted molar refractivity (Wildman–Crippen MR) is 139 cm³/mol. The number of ether oxygens (including phenoxy) is 4. The quantitative estimate of drug-likeness (QED) is 0.292. The normalized spacial score (nSPS) is 24.2. The van der Waals surface area contributed by atoms with Crippen molar-refractivity contribution in [3.05, 3.63) is 24.3 Å². The lowest BCUT2D eigenvalue weighted by Crippen LogP contribution is -2.26. The molecule has 0 unspecified atom stereocenters. The summed E-state index contributed by atoms with van der Waals surface area (Å²) < 4.78 is 20.4. The maximum Gasteiger partial charge on any atom is 0.331 e. The minimum absolute atomic E-state index is 0.167. The zero-order chi connectivity index (χ0) is 28.9. The molecule has 0 radical (unpaired) electrons. The van der Waals surface area contributed by atoms with E-state index in [0.29, 0.717) is 51.4 Å². The fourth-order valence-electron chi connectivity index (χ4n) is 3.68. The van der Waals surface area contributed by atoms with E-state index in [1.165, 1.54) is 0 Å². The number of carbonyl (C=O) groups excluding carboxylic acids is 4. The first-order valence-corrected chi connectivity index (χ1v) is 13.1. The second-order valence-corrected chi connectivity index (χ2v) is 11.5. The van der Waals surface area contributed by atoms with Crippen LogP contribution in [0, 0.1) is 0 Å². The number of aliphatic hydroxyl groups is 2. The molecule has 0 heterocycles. The van der Waals surface area contributed by atoms with Gasteiger partial charge in [-0.2, -0.15) is 0 Å². The summed E-state index contributed by atoms with van der Waals surface area (Å²) in [6.07, 6.45) is 8.64. The van der Waals surface area contributed by atoms with Crippen LogP contribution >= 0.6 is 0 Å². The van der Waals surface area contributed by atoms with Crippen molar-refractivity contribution in [3.8, 4) is 0 Å². The number of hydrogen-bond donors (Lipinski definition) is 2. The van der Waals surface area contributed by atoms with Crippen molar-refractivity contribution in [1.82, 2.24) is 0 Å². The third kappa shape index (κ3) is 16.9. The zero-order valence-corrected chi connectivity index (χ0v) is 23.4. The molecule has 10 heteroatoms. The topological polar surface area (TPSA) is 146 Å². The van der Waals surface area contributed by atoms with E-state index >= 15 is 0 Å². The van der Waals surface area contributed by atoms with Gasteiger partial charge in [0.25, 0.3) is 0 Å². The SMILES string of the molecule is CC(C)(C)OC(=O)/C=C/C(=O)OC1CCC(O)CC1.CC(C)(C)OC(=O)/C=C/C(=O)OC1CCC(O)CC1. The van der Waals surface area contributed by atoms with Crippen LogP contribution < -0.4 is 0 Å². The molecule has 0 aromatic rings. The molecule has 2 saturated carbocycles. The monoisotopic (exact) mass is 540 g/mol. The zero-order valence-electron chi connectivity index (χ0n) is 23.4. The Balaban J connectivity index is 0.000000380. The molecule has 2 aliphatic carbocycles. The lowest BCUT2D eigenvalue weighted by Gasteiger charge is -2.24. The molecule has 0 bridgehead atoms. The van der Waals surface area contributed by atoms with Gasteiger partial charge in [0.2, 0.25) is 0 Å². The van der Waals surface area contributed by atoms with Crippen molar-refractivity contribution < 1.29 is 48.3 Å². The second-order valence-electron chi connectivity index (χ2n) is 11.5. The Labute approximate surface area is 225 Å². The molecule has 0 amide bonds. The molecule has 216 valence electrons. The van der Waals surface area contributed by atoms with Crippen LogP contribution in [-0.2, 0) is 38.1 Å². The molecule has 2 rings (SSSR count). The van der Waals surface area contributed by atoms with Crippen LogP contribution in [0.1, 0.15) is 92.9 Å². The van der Waals surface area contributed by atoms with Gasteiger partial charge in [-0.15, -0.1) is 0 Å². The highest BCUT2D eigenvalue weighted by molar-refractivity contribution is 5.92. The fourth-order valence-corrected chi connectivity index (χ4v) is 3.68. The molecular weight excluding hydrogens is 496 g/mol. The van der Waals surface area contributed by atoms with Gasteiger partial charge in [0.05, 0.1) is 12.2 Å². The summed E-state index contributed by atoms with van der Waals surface area (Å²) in [4.78, 5) is 45.7. The maximum absolute atomic E-state index is 11.5. The van der Waals surface area contributed by atoms with E-state index in [-0.39, 0.29) is 24.4 Å². The van der Waals surface area contributed by atoms with E-state index in [9.17, 15) is 29.4 Å². The van der Waals surface area contributed by atoms with Gasteiger partial charge in [0.15, 0.2) is 0 Å². The summed E-state index contributed by atoms with van der Waals surface area (Å²) in [5.41, 5.74) is -1.16. The van der Waals surface area contributed by atoms with E-state index in [1.807, 2.05) is 0 Å². The average molecular weight is 541 g/mol. The van der Waals surface area contributed by atoms with E-state index in [0.717, 1.165) is 24.3 Å². The third-order valence-electron chi connectivity index (χ3n) is 5.38. The summed E-state index contributed by atoms with van der Waals surface area (Å²) >= 11 is 0. The van der Waals surface area contributed by atoms with Gasteiger partial charge in [0, 0.05) is 24.3 Å². The van der Waals surface area contributed by atoms with Gasteiger partial charge >= 0.3 is 23.9 Å². The van der Waals surface area contributed by atoms with E-state index in [2.05, 4.69) is 0 Å². The first-order chi connectivity index (χ1) is 17.5. The van der Waals surface area contributed by atoms with Gasteiger partial charge in [-0.05, 0) is 92.9 Å². The van der Waals surface area contributed by atoms with Gasteiger partial charge < -0.3 is 29.2 Å². The van der Waals surface area contributed by atoms with Crippen molar-refractivity contribution in [2.45, 2.75) is 129 Å². The van der Waals surface area contributed by atoms with E-state index in [1.54, 1.807) is 41.5 Å². The van der Waals surface area contributed by atoms with Crippen LogP contribution in [0.4, 0.5) is 0 Å². The molecule has 0 saturated heterocycles. The van der Waals surface area contributed by atoms with Gasteiger partial charge in [-0.25, -0.2) is 19.2 Å². The van der Waals surface area contributed by atoms with Gasteiger partial charge in [-0.3, -0.25) is 0 Å². The smallest absolute Gasteiger partial charge is 0.331 e. The second kappa shape index (κ2) is 15.6. The standard InChI is InChI=1S/2C14H22O5/c2*1-14(2,3)19-13(17)9-8-12(16)18-11-6-4-10(15)5-7-11/h2*8-11,15H,4-7H2,1-3H3/b2*9-8+. The van der Waals surface area contributed by atoms with E-state index < -0.39 is 35.1 Å². The van der Waals surface area contributed by atoms with Gasteiger partial charge in [-0.1, -0.05) is 0 Å². The molecule has 0 atom stereocenters. The Morgan fingerprint density at radius 3 is 1.05 bits per heavy atom. The first kappa shape index (κ1) is 33.3. The Kier molecular flexibility index (Phi) is 13.7. The van der Waals surface area contributed by atoms with Crippen LogP contribution in [0.3, 0.4) is 0 Å². The Hall–Kier alpha value is -2.72. The van der Waals surface area contributed by atoms with Crippen molar-refractivity contribution in [2.75, 3.05) is 0 Å². The highest BCUT2D eigenvalue weighted by atomic mass is 16.6. The Morgan fingerprint density at radius 1 is 0.526 bits per heavy atom. The van der Waals surface area contributed by atoms with Crippen molar-refractivity contribution in [3.63, 3.8) is 0 Å². The van der Waals surface area contributed by atoms with Crippen molar-refractivity contribution in [1.29, 1.82) is 0 Å². The van der Waals surface area contributed by atoms with Crippen LogP contribution in [0.2, 0.25) is 0 Å². The molecule has 0 spiro atoms. The highest BCUT2D eigenvalue weighted by Crippen LogP contribution is 2.22. The lowest BCUT2D eigenvalue weighted by molar-refractivity contribution is -0.150. The molecular formula is C28H44O10. The van der Waals surface area contributed by atoms with Crippen LogP contribution in [0.25, 0.3) is 0 Å². The number of aliphatic hydroxyl groups excluding tert-OH is 2. The highest BCUT2D eigenvalue weighted by Gasteiger charge is 2.23. The predicted octanol–water partition coefficient (Wildman–Crippen LogP) is 3.46. The molecule has 2 aliphatic rings. The summed E-state index contributed by atoms with van der Waals surface area (Å²) in [5.74, 6) is -2.23. The summed E-state index contributed by atoms with van der Waals surface area (Å²) in [7, 11) is 0. The third-order valence-corrected chi connectivity index (χ3v) is 5.38. The number of esters is 4. The van der Waals surface area contributed by atoms with Crippen LogP contribution in [0.5, 0.6) is 0 Å². The fraction of sp³-hybridized carbons (Fsp3) is 0.714. The lowest BCUT2D eigenvalue weighted by atomic mass is 9.95. The molecule has 0 aromatic carbocycles. The molecule has 2 fully saturated rings. The minimum Gasteiger partial charge on any atom is -0.459 e. The maximum atomic E-state index is 11.5. The molecule has 0 aliphatic heterocycles. The van der Waals surface area contributed by atoms with Crippen molar-refractivity contribution >= 4 is 23.9 Å². The Morgan fingerprint density at radius 2 is 0.789 bits per heavy atom. The Bertz CT molecular complexity index is 761. The first-order valence-electron chi connectivity index (χ1n) is 13.1. The van der Waals surface area contributed by atoms with Crippen LogP contribution in [0.15, 0.2) is 24.3 Å². The number of rotatable bonds is 6. The van der Waals surface area contributed by atoms with Gasteiger partial charge in [0.1, 0.15) is 23.4 Å². The largest absolute Gasteiger partial charge is 0.459 e. The molecule has 0 aromatic heterocycles. The van der Waals surface area contributed by atoms with Crippen molar-refractivity contribution in [2.24, 2.45) is 0 Å². The summed E-state index contributed by atoms with van der Waals surface area (Å²) in [5, 5.41) is 18.7. The molecule has 38 heavy (non-hydrogen) atoms. The minimum atomic E-state index is -0.579. The van der Waals surface area contributed by atoms with Crippen LogP contribution in [-0.4, -0.2) is 69.7 Å².